The first-order valence-electron chi connectivity index (χ1n) is 3.78. The van der Waals surface area contributed by atoms with Gasteiger partial charge in [-0.2, -0.15) is 0 Å². The van der Waals surface area contributed by atoms with Crippen molar-refractivity contribution >= 4 is 6.29 Å². The summed E-state index contributed by atoms with van der Waals surface area (Å²) >= 11 is 0. The van der Waals surface area contributed by atoms with Gasteiger partial charge in [-0.05, 0) is 12.3 Å². The van der Waals surface area contributed by atoms with E-state index in [9.17, 15) is 4.79 Å². The molecule has 10 heavy (non-hydrogen) atoms. The van der Waals surface area contributed by atoms with Crippen molar-refractivity contribution in [1.82, 2.24) is 0 Å². The molecule has 0 N–H and O–H groups in total. The summed E-state index contributed by atoms with van der Waals surface area (Å²) in [6.07, 6.45) is 6.07. The number of allylic oxidation sites excluding steroid dienone is 2. The van der Waals surface area contributed by atoms with Gasteiger partial charge >= 0.3 is 0 Å². The van der Waals surface area contributed by atoms with Gasteiger partial charge in [-0.3, -0.25) is 0 Å². The van der Waals surface area contributed by atoms with Crippen LogP contribution in [0.4, 0.5) is 0 Å². The highest BCUT2D eigenvalue weighted by Gasteiger charge is 1.93. The minimum Gasteiger partial charge on any atom is -0.303 e. The molecule has 0 unspecified atom stereocenters. The van der Waals surface area contributed by atoms with E-state index in [1.165, 1.54) is 0 Å². The molecule has 0 aliphatic rings. The van der Waals surface area contributed by atoms with Gasteiger partial charge in [0, 0.05) is 5.92 Å². The average Bonchev–Trinajstić information content (AvgIpc) is 1.87. The normalized spacial score (nSPS) is 14.4. The van der Waals surface area contributed by atoms with Gasteiger partial charge in [0.1, 0.15) is 6.29 Å². The van der Waals surface area contributed by atoms with E-state index >= 15 is 0 Å². The predicted octanol–water partition coefficient (Wildman–Crippen LogP) is 2.42. The molecule has 0 rings (SSSR count). The lowest BCUT2D eigenvalue weighted by Gasteiger charge is -1.96. The van der Waals surface area contributed by atoms with E-state index in [-0.39, 0.29) is 5.92 Å². The molecule has 0 saturated heterocycles. The Morgan fingerprint density at radius 1 is 1.30 bits per heavy atom. The van der Waals surface area contributed by atoms with Crippen molar-refractivity contribution in [2.75, 3.05) is 0 Å². The summed E-state index contributed by atoms with van der Waals surface area (Å²) in [6.45, 7) is 6.18. The highest BCUT2D eigenvalue weighted by atomic mass is 16.1. The summed E-state index contributed by atoms with van der Waals surface area (Å²) in [5.74, 6) is 0.772. The standard InChI is InChI=1S/C9H16O/c1-8(2)5-4-6-9(3)7-10/h4-5,7-9H,6H2,1-3H3/t9-/m0/s1. The van der Waals surface area contributed by atoms with E-state index in [1.54, 1.807) is 0 Å². The maximum atomic E-state index is 10.1. The SMILES string of the molecule is CC(C)C=CC[C@H](C)C=O. The van der Waals surface area contributed by atoms with Crippen molar-refractivity contribution in [2.24, 2.45) is 11.8 Å². The van der Waals surface area contributed by atoms with Gasteiger partial charge in [-0.25, -0.2) is 0 Å². The second-order valence-corrected chi connectivity index (χ2v) is 3.02. The molecule has 0 fully saturated rings. The molecule has 1 nitrogen and oxygen atoms in total. The Kier molecular flexibility index (Phi) is 4.91. The van der Waals surface area contributed by atoms with Gasteiger partial charge in [0.15, 0.2) is 0 Å². The zero-order valence-electron chi connectivity index (χ0n) is 7.00. The monoisotopic (exact) mass is 140 g/mol. The van der Waals surface area contributed by atoms with Crippen LogP contribution in [0.5, 0.6) is 0 Å². The largest absolute Gasteiger partial charge is 0.303 e. The van der Waals surface area contributed by atoms with Crippen molar-refractivity contribution in [3.8, 4) is 0 Å². The van der Waals surface area contributed by atoms with E-state index in [0.29, 0.717) is 5.92 Å². The number of carbonyl (C=O) groups is 1. The number of carbonyl (C=O) groups excluding carboxylic acids is 1. The first-order chi connectivity index (χ1) is 4.66. The highest BCUT2D eigenvalue weighted by molar-refractivity contribution is 5.52. The molecule has 0 aliphatic heterocycles. The fraction of sp³-hybridized carbons (Fsp3) is 0.667. The fourth-order valence-electron chi connectivity index (χ4n) is 0.621. The number of rotatable bonds is 4. The Labute approximate surface area is 63.1 Å². The molecule has 0 aromatic carbocycles. The Hall–Kier alpha value is -0.590. The van der Waals surface area contributed by atoms with Crippen LogP contribution in [0.3, 0.4) is 0 Å². The lowest BCUT2D eigenvalue weighted by molar-refractivity contribution is -0.110. The first kappa shape index (κ1) is 9.41. The molecule has 1 heteroatoms. The van der Waals surface area contributed by atoms with Gasteiger partial charge in [0.25, 0.3) is 0 Å². The van der Waals surface area contributed by atoms with Crippen molar-refractivity contribution in [3.63, 3.8) is 0 Å². The van der Waals surface area contributed by atoms with Crippen molar-refractivity contribution in [3.05, 3.63) is 12.2 Å². The highest BCUT2D eigenvalue weighted by Crippen LogP contribution is 2.01. The van der Waals surface area contributed by atoms with Crippen LogP contribution in [-0.4, -0.2) is 6.29 Å². The molecule has 0 bridgehead atoms. The summed E-state index contributed by atoms with van der Waals surface area (Å²) in [5, 5.41) is 0. The van der Waals surface area contributed by atoms with Crippen molar-refractivity contribution < 1.29 is 4.79 Å². The number of hydrogen-bond acceptors (Lipinski definition) is 1. The van der Waals surface area contributed by atoms with E-state index in [0.717, 1.165) is 12.7 Å². The van der Waals surface area contributed by atoms with E-state index in [4.69, 9.17) is 0 Å². The van der Waals surface area contributed by atoms with Gasteiger partial charge < -0.3 is 4.79 Å². The Morgan fingerprint density at radius 2 is 1.90 bits per heavy atom. The van der Waals surface area contributed by atoms with Crippen LogP contribution in [-0.2, 0) is 4.79 Å². The topological polar surface area (TPSA) is 17.1 Å². The molecule has 0 aromatic rings. The zero-order valence-corrected chi connectivity index (χ0v) is 7.00. The predicted molar refractivity (Wildman–Crippen MR) is 43.8 cm³/mol. The summed E-state index contributed by atoms with van der Waals surface area (Å²) in [4.78, 5) is 10.1. The second kappa shape index (κ2) is 5.21. The zero-order chi connectivity index (χ0) is 7.98. The van der Waals surface area contributed by atoms with Crippen LogP contribution in [0.1, 0.15) is 27.2 Å². The number of aldehydes is 1. The molecular weight excluding hydrogens is 124 g/mol. The molecule has 0 saturated carbocycles. The molecule has 0 amide bonds. The average molecular weight is 140 g/mol. The third-order valence-corrected chi connectivity index (χ3v) is 1.26. The van der Waals surface area contributed by atoms with E-state index in [2.05, 4.69) is 26.0 Å². The lowest BCUT2D eigenvalue weighted by Crippen LogP contribution is -1.92. The second-order valence-electron chi connectivity index (χ2n) is 3.02. The minimum atomic E-state index is 0.176. The summed E-state index contributed by atoms with van der Waals surface area (Å²) in [6, 6.07) is 0. The Balaban J connectivity index is 3.42. The Bertz CT molecular complexity index is 114. The van der Waals surface area contributed by atoms with Crippen LogP contribution < -0.4 is 0 Å². The number of hydrogen-bond donors (Lipinski definition) is 0. The van der Waals surface area contributed by atoms with Gasteiger partial charge in [0.2, 0.25) is 0 Å². The van der Waals surface area contributed by atoms with Crippen LogP contribution in [0.15, 0.2) is 12.2 Å². The van der Waals surface area contributed by atoms with Crippen molar-refractivity contribution in [1.29, 1.82) is 0 Å². The third kappa shape index (κ3) is 5.54. The van der Waals surface area contributed by atoms with E-state index < -0.39 is 0 Å². The van der Waals surface area contributed by atoms with E-state index in [1.807, 2.05) is 6.92 Å². The maximum absolute atomic E-state index is 10.1. The molecular formula is C9H16O. The quantitative estimate of drug-likeness (QED) is 0.433. The maximum Gasteiger partial charge on any atom is 0.123 e. The third-order valence-electron chi connectivity index (χ3n) is 1.26. The van der Waals surface area contributed by atoms with Crippen LogP contribution >= 0.6 is 0 Å². The van der Waals surface area contributed by atoms with Gasteiger partial charge in [-0.15, -0.1) is 0 Å². The summed E-state index contributed by atoms with van der Waals surface area (Å²) in [7, 11) is 0. The smallest absolute Gasteiger partial charge is 0.123 e. The van der Waals surface area contributed by atoms with Crippen LogP contribution in [0, 0.1) is 11.8 Å². The van der Waals surface area contributed by atoms with Gasteiger partial charge in [0.05, 0.1) is 0 Å². The molecule has 0 radical (unpaired) electrons. The van der Waals surface area contributed by atoms with Gasteiger partial charge in [-0.1, -0.05) is 32.9 Å². The molecule has 0 heterocycles. The lowest BCUT2D eigenvalue weighted by atomic mass is 10.1. The molecule has 58 valence electrons. The Morgan fingerprint density at radius 3 is 2.30 bits per heavy atom. The molecule has 1 atom stereocenters. The van der Waals surface area contributed by atoms with Crippen LogP contribution in [0.2, 0.25) is 0 Å². The first-order valence-corrected chi connectivity index (χ1v) is 3.78. The van der Waals surface area contributed by atoms with Crippen LogP contribution in [0.25, 0.3) is 0 Å². The fourth-order valence-corrected chi connectivity index (χ4v) is 0.621. The summed E-state index contributed by atoms with van der Waals surface area (Å²) < 4.78 is 0. The molecule has 0 aromatic heterocycles. The molecule has 0 spiro atoms. The minimum absolute atomic E-state index is 0.176. The van der Waals surface area contributed by atoms with Crippen molar-refractivity contribution in [2.45, 2.75) is 27.2 Å². The summed E-state index contributed by atoms with van der Waals surface area (Å²) in [5.41, 5.74) is 0. The molecule has 0 aliphatic carbocycles.